The van der Waals surface area contributed by atoms with Gasteiger partial charge in [0.05, 0.1) is 18.9 Å². The van der Waals surface area contributed by atoms with Gasteiger partial charge >= 0.3 is 0 Å². The van der Waals surface area contributed by atoms with Crippen molar-refractivity contribution in [1.29, 1.82) is 0 Å². The van der Waals surface area contributed by atoms with E-state index in [-0.39, 0.29) is 5.78 Å². The summed E-state index contributed by atoms with van der Waals surface area (Å²) < 4.78 is 0. The van der Waals surface area contributed by atoms with E-state index in [0.717, 1.165) is 4.88 Å². The Morgan fingerprint density at radius 2 is 2.21 bits per heavy atom. The molecule has 72 valence electrons. The quantitative estimate of drug-likeness (QED) is 0.705. The van der Waals surface area contributed by atoms with Crippen LogP contribution in [0.3, 0.4) is 0 Å². The van der Waals surface area contributed by atoms with Gasteiger partial charge in [0.25, 0.3) is 0 Å². The fourth-order valence-electron chi connectivity index (χ4n) is 1.01. The van der Waals surface area contributed by atoms with Crippen LogP contribution in [0, 0.1) is 0 Å². The van der Waals surface area contributed by atoms with Gasteiger partial charge in [-0.3, -0.25) is 4.79 Å². The van der Waals surface area contributed by atoms with E-state index in [1.54, 1.807) is 23.4 Å². The van der Waals surface area contributed by atoms with E-state index < -0.39 is 0 Å². The molecule has 2 heterocycles. The molecule has 0 spiro atoms. The molecule has 2 rings (SSSR count). The van der Waals surface area contributed by atoms with E-state index in [4.69, 9.17) is 0 Å². The van der Waals surface area contributed by atoms with Crippen LogP contribution in [0.1, 0.15) is 21.6 Å². The highest BCUT2D eigenvalue weighted by Crippen LogP contribution is 2.13. The standard InChI is InChI=1S/C8H8N4OS/c1-6(13)8-9-4-7(14-8)5-12-10-2-3-11-12/h2-4H,5H2,1H3. The van der Waals surface area contributed by atoms with Crippen LogP contribution >= 0.6 is 11.3 Å². The molecule has 5 nitrogen and oxygen atoms in total. The minimum atomic E-state index is -0.00493. The summed E-state index contributed by atoms with van der Waals surface area (Å²) in [7, 11) is 0. The van der Waals surface area contributed by atoms with E-state index >= 15 is 0 Å². The van der Waals surface area contributed by atoms with Crippen LogP contribution in [-0.4, -0.2) is 25.8 Å². The molecule has 0 N–H and O–H groups in total. The minimum absolute atomic E-state index is 0.00493. The normalized spacial score (nSPS) is 10.4. The lowest BCUT2D eigenvalue weighted by Crippen LogP contribution is -2.01. The van der Waals surface area contributed by atoms with Gasteiger partial charge in [-0.2, -0.15) is 15.0 Å². The average molecular weight is 208 g/mol. The molecule has 0 atom stereocenters. The Labute approximate surface area is 84.4 Å². The van der Waals surface area contributed by atoms with Crippen molar-refractivity contribution < 1.29 is 4.79 Å². The van der Waals surface area contributed by atoms with Crippen molar-refractivity contribution in [3.05, 3.63) is 28.5 Å². The number of rotatable bonds is 3. The van der Waals surface area contributed by atoms with Gasteiger partial charge in [0.2, 0.25) is 0 Å². The second kappa shape index (κ2) is 3.67. The second-order valence-electron chi connectivity index (χ2n) is 2.75. The van der Waals surface area contributed by atoms with Gasteiger partial charge in [0.15, 0.2) is 10.8 Å². The number of hydrogen-bond acceptors (Lipinski definition) is 5. The Balaban J connectivity index is 2.14. The lowest BCUT2D eigenvalue weighted by Gasteiger charge is -1.93. The summed E-state index contributed by atoms with van der Waals surface area (Å²) in [4.78, 5) is 17.5. The fourth-order valence-corrected chi connectivity index (χ4v) is 1.79. The van der Waals surface area contributed by atoms with Crippen molar-refractivity contribution in [3.63, 3.8) is 0 Å². The van der Waals surface area contributed by atoms with Crippen molar-refractivity contribution in [2.24, 2.45) is 0 Å². The number of nitrogens with zero attached hydrogens (tertiary/aromatic N) is 4. The number of thiazole rings is 1. The number of carbonyl (C=O) groups is 1. The highest BCUT2D eigenvalue weighted by atomic mass is 32.1. The molecule has 0 radical (unpaired) electrons. The Morgan fingerprint density at radius 3 is 2.79 bits per heavy atom. The van der Waals surface area contributed by atoms with Gasteiger partial charge in [-0.1, -0.05) is 0 Å². The first kappa shape index (κ1) is 9.01. The molecule has 6 heteroatoms. The molecule has 0 amide bonds. The summed E-state index contributed by atoms with van der Waals surface area (Å²) in [6, 6.07) is 0. The first-order valence-electron chi connectivity index (χ1n) is 4.05. The third kappa shape index (κ3) is 1.85. The second-order valence-corrected chi connectivity index (χ2v) is 3.86. The molecule has 0 aliphatic rings. The van der Waals surface area contributed by atoms with Crippen LogP contribution in [0.5, 0.6) is 0 Å². The van der Waals surface area contributed by atoms with Crippen LogP contribution < -0.4 is 0 Å². The highest BCUT2D eigenvalue weighted by molar-refractivity contribution is 7.13. The minimum Gasteiger partial charge on any atom is -0.292 e. The van der Waals surface area contributed by atoms with Gasteiger partial charge in [0, 0.05) is 18.0 Å². The van der Waals surface area contributed by atoms with Crippen molar-refractivity contribution in [2.45, 2.75) is 13.5 Å². The summed E-state index contributed by atoms with van der Waals surface area (Å²) in [5.74, 6) is -0.00493. The summed E-state index contributed by atoms with van der Waals surface area (Å²) in [5.41, 5.74) is 0. The molecule has 0 aliphatic heterocycles. The van der Waals surface area contributed by atoms with E-state index in [0.29, 0.717) is 11.6 Å². The molecular formula is C8H8N4OS. The fraction of sp³-hybridized carbons (Fsp3) is 0.250. The Kier molecular flexibility index (Phi) is 2.36. The van der Waals surface area contributed by atoms with Gasteiger partial charge in [-0.25, -0.2) is 4.98 Å². The molecule has 0 aromatic carbocycles. The first-order valence-corrected chi connectivity index (χ1v) is 4.87. The third-order valence-electron chi connectivity index (χ3n) is 1.62. The monoisotopic (exact) mass is 208 g/mol. The Bertz CT molecular complexity index is 434. The van der Waals surface area contributed by atoms with E-state index in [1.165, 1.54) is 18.3 Å². The smallest absolute Gasteiger partial charge is 0.188 e. The summed E-state index contributed by atoms with van der Waals surface area (Å²) >= 11 is 1.38. The third-order valence-corrected chi connectivity index (χ3v) is 2.70. The largest absolute Gasteiger partial charge is 0.292 e. The molecular weight excluding hydrogens is 200 g/mol. The molecule has 2 aromatic heterocycles. The highest BCUT2D eigenvalue weighted by Gasteiger charge is 2.06. The van der Waals surface area contributed by atoms with Crippen molar-refractivity contribution in [3.8, 4) is 0 Å². The zero-order valence-electron chi connectivity index (χ0n) is 7.54. The Morgan fingerprint density at radius 1 is 1.50 bits per heavy atom. The number of ketones is 1. The van der Waals surface area contributed by atoms with Gasteiger partial charge in [-0.05, 0) is 0 Å². The van der Waals surface area contributed by atoms with Crippen LogP contribution in [-0.2, 0) is 6.54 Å². The predicted molar refractivity (Wildman–Crippen MR) is 51.2 cm³/mol. The number of Topliss-reactive ketones (excluding diaryl/α,β-unsaturated/α-hetero) is 1. The van der Waals surface area contributed by atoms with Crippen molar-refractivity contribution in [2.75, 3.05) is 0 Å². The zero-order chi connectivity index (χ0) is 9.97. The number of hydrogen-bond donors (Lipinski definition) is 0. The zero-order valence-corrected chi connectivity index (χ0v) is 8.36. The molecule has 0 unspecified atom stereocenters. The molecule has 0 saturated heterocycles. The van der Waals surface area contributed by atoms with Crippen LogP contribution in [0.25, 0.3) is 0 Å². The van der Waals surface area contributed by atoms with Gasteiger partial charge < -0.3 is 0 Å². The first-order chi connectivity index (χ1) is 6.75. The predicted octanol–water partition coefficient (Wildman–Crippen LogP) is 0.985. The lowest BCUT2D eigenvalue weighted by molar-refractivity contribution is 0.101. The topological polar surface area (TPSA) is 60.7 Å². The van der Waals surface area contributed by atoms with Crippen LogP contribution in [0.15, 0.2) is 18.6 Å². The SMILES string of the molecule is CC(=O)c1ncc(Cn2nccn2)s1. The van der Waals surface area contributed by atoms with Crippen LogP contribution in [0.2, 0.25) is 0 Å². The molecule has 0 fully saturated rings. The molecule has 0 saturated carbocycles. The summed E-state index contributed by atoms with van der Waals surface area (Å²) in [6.07, 6.45) is 4.92. The van der Waals surface area contributed by atoms with E-state index in [2.05, 4.69) is 15.2 Å². The van der Waals surface area contributed by atoms with Gasteiger partial charge in [-0.15, -0.1) is 11.3 Å². The molecule has 0 aliphatic carbocycles. The maximum Gasteiger partial charge on any atom is 0.188 e. The van der Waals surface area contributed by atoms with E-state index in [1.807, 2.05) is 0 Å². The molecule has 0 bridgehead atoms. The summed E-state index contributed by atoms with van der Waals surface area (Å²) in [6.45, 7) is 2.08. The van der Waals surface area contributed by atoms with Crippen molar-refractivity contribution in [1.82, 2.24) is 20.0 Å². The summed E-state index contributed by atoms with van der Waals surface area (Å²) in [5, 5.41) is 8.46. The number of carbonyl (C=O) groups excluding carboxylic acids is 1. The molecule has 2 aromatic rings. The average Bonchev–Trinajstić information content (AvgIpc) is 2.75. The Hall–Kier alpha value is -1.56. The molecule has 14 heavy (non-hydrogen) atoms. The van der Waals surface area contributed by atoms with Crippen LogP contribution in [0.4, 0.5) is 0 Å². The lowest BCUT2D eigenvalue weighted by atomic mass is 10.5. The van der Waals surface area contributed by atoms with Crippen molar-refractivity contribution >= 4 is 17.1 Å². The van der Waals surface area contributed by atoms with Gasteiger partial charge in [0.1, 0.15) is 0 Å². The number of aromatic nitrogens is 4. The maximum absolute atomic E-state index is 11.0. The maximum atomic E-state index is 11.0. The van der Waals surface area contributed by atoms with E-state index in [9.17, 15) is 4.79 Å².